The zero-order valence-corrected chi connectivity index (χ0v) is 12.6. The van der Waals surface area contributed by atoms with E-state index in [9.17, 15) is 0 Å². The van der Waals surface area contributed by atoms with Gasteiger partial charge in [0.2, 0.25) is 0 Å². The highest BCUT2D eigenvalue weighted by atomic mass is 14.7. The molecule has 1 aliphatic rings. The maximum absolute atomic E-state index is 6.60. The first kappa shape index (κ1) is 14.6. The van der Waals surface area contributed by atoms with Crippen molar-refractivity contribution in [3.63, 3.8) is 0 Å². The summed E-state index contributed by atoms with van der Waals surface area (Å²) >= 11 is 0. The van der Waals surface area contributed by atoms with E-state index in [0.717, 1.165) is 0 Å². The van der Waals surface area contributed by atoms with Crippen molar-refractivity contribution in [2.75, 3.05) is 0 Å². The molecule has 0 saturated heterocycles. The maximum Gasteiger partial charge on any atom is 0.0351 e. The summed E-state index contributed by atoms with van der Waals surface area (Å²) in [5.74, 6) is 0. The number of benzene rings is 1. The number of aryl methyl sites for hydroxylation is 1. The van der Waals surface area contributed by atoms with Gasteiger partial charge in [-0.3, -0.25) is 0 Å². The van der Waals surface area contributed by atoms with Crippen LogP contribution in [-0.4, -0.2) is 0 Å². The van der Waals surface area contributed by atoms with Crippen LogP contribution in [0.15, 0.2) is 24.3 Å². The van der Waals surface area contributed by atoms with E-state index in [1.807, 2.05) is 0 Å². The van der Waals surface area contributed by atoms with Gasteiger partial charge in [0.05, 0.1) is 0 Å². The van der Waals surface area contributed by atoms with Gasteiger partial charge in [-0.2, -0.15) is 0 Å². The van der Waals surface area contributed by atoms with E-state index in [1.165, 1.54) is 62.5 Å². The highest BCUT2D eigenvalue weighted by molar-refractivity contribution is 5.26. The van der Waals surface area contributed by atoms with E-state index in [0.29, 0.717) is 5.41 Å². The number of hydrogen-bond acceptors (Lipinski definition) is 1. The maximum atomic E-state index is 6.60. The van der Waals surface area contributed by atoms with Crippen LogP contribution in [-0.2, 0) is 6.42 Å². The predicted molar refractivity (Wildman–Crippen MR) is 83.2 cm³/mol. The van der Waals surface area contributed by atoms with Gasteiger partial charge in [-0.05, 0) is 48.6 Å². The van der Waals surface area contributed by atoms with Gasteiger partial charge in [0, 0.05) is 6.04 Å². The van der Waals surface area contributed by atoms with Crippen LogP contribution in [0.25, 0.3) is 0 Å². The topological polar surface area (TPSA) is 26.0 Å². The van der Waals surface area contributed by atoms with Gasteiger partial charge in [0.1, 0.15) is 0 Å². The van der Waals surface area contributed by atoms with Gasteiger partial charge in [0.25, 0.3) is 0 Å². The van der Waals surface area contributed by atoms with Gasteiger partial charge >= 0.3 is 0 Å². The molecule has 0 radical (unpaired) electrons. The minimum atomic E-state index is 0.222. The fourth-order valence-electron chi connectivity index (χ4n) is 3.59. The van der Waals surface area contributed by atoms with Crippen LogP contribution in [0.3, 0.4) is 0 Å². The zero-order valence-electron chi connectivity index (χ0n) is 12.6. The van der Waals surface area contributed by atoms with Crippen LogP contribution in [0.2, 0.25) is 0 Å². The second-order valence-electron chi connectivity index (χ2n) is 6.25. The molecule has 1 atom stereocenters. The average Bonchev–Trinajstić information content (AvgIpc) is 2.95. The fraction of sp³-hybridized carbons (Fsp3) is 0.667. The lowest BCUT2D eigenvalue weighted by molar-refractivity contribution is 0.222. The second-order valence-corrected chi connectivity index (χ2v) is 6.25. The van der Waals surface area contributed by atoms with Crippen molar-refractivity contribution < 1.29 is 0 Å². The molecule has 0 heterocycles. The smallest absolute Gasteiger partial charge is 0.0351 e. The molecule has 1 nitrogen and oxygen atoms in total. The number of unbranched alkanes of at least 4 members (excludes halogenated alkanes) is 1. The molecule has 0 bridgehead atoms. The molecule has 1 unspecified atom stereocenters. The molecule has 2 rings (SSSR count). The molecule has 2 N–H and O–H groups in total. The predicted octanol–water partition coefficient (Wildman–Crippen LogP) is 5.00. The minimum absolute atomic E-state index is 0.222. The third kappa shape index (κ3) is 3.20. The Bertz CT molecular complexity index is 373. The zero-order chi connectivity index (χ0) is 13.7. The SMILES string of the molecule is CCCCc1ccc(C(N)C2(CC)CCCC2)cc1. The molecule has 1 aliphatic carbocycles. The Morgan fingerprint density at radius 1 is 1.11 bits per heavy atom. The quantitative estimate of drug-likeness (QED) is 0.764. The van der Waals surface area contributed by atoms with Gasteiger partial charge in [-0.1, -0.05) is 57.4 Å². The van der Waals surface area contributed by atoms with Crippen molar-refractivity contribution in [1.29, 1.82) is 0 Å². The molecule has 1 heteroatoms. The first-order chi connectivity index (χ1) is 9.22. The van der Waals surface area contributed by atoms with E-state index in [4.69, 9.17) is 5.73 Å². The Balaban J connectivity index is 2.08. The Morgan fingerprint density at radius 2 is 1.74 bits per heavy atom. The summed E-state index contributed by atoms with van der Waals surface area (Å²) in [7, 11) is 0. The third-order valence-corrected chi connectivity index (χ3v) is 5.12. The lowest BCUT2D eigenvalue weighted by Gasteiger charge is -2.34. The molecule has 0 aliphatic heterocycles. The van der Waals surface area contributed by atoms with Crippen LogP contribution in [0.5, 0.6) is 0 Å². The fourth-order valence-corrected chi connectivity index (χ4v) is 3.59. The first-order valence-electron chi connectivity index (χ1n) is 8.06. The van der Waals surface area contributed by atoms with E-state index in [1.54, 1.807) is 0 Å². The lowest BCUT2D eigenvalue weighted by Crippen LogP contribution is -2.31. The summed E-state index contributed by atoms with van der Waals surface area (Å²) < 4.78 is 0. The van der Waals surface area contributed by atoms with Crippen LogP contribution in [0.4, 0.5) is 0 Å². The largest absolute Gasteiger partial charge is 0.323 e. The molecule has 19 heavy (non-hydrogen) atoms. The summed E-state index contributed by atoms with van der Waals surface area (Å²) in [5, 5.41) is 0. The summed E-state index contributed by atoms with van der Waals surface area (Å²) in [5.41, 5.74) is 9.75. The molecule has 106 valence electrons. The van der Waals surface area contributed by atoms with Crippen molar-refractivity contribution in [2.45, 2.75) is 71.3 Å². The second kappa shape index (κ2) is 6.56. The number of hydrogen-bond donors (Lipinski definition) is 1. The number of nitrogens with two attached hydrogens (primary N) is 1. The van der Waals surface area contributed by atoms with E-state index >= 15 is 0 Å². The van der Waals surface area contributed by atoms with Crippen LogP contribution in [0, 0.1) is 5.41 Å². The molecule has 1 aromatic carbocycles. The molecule has 1 saturated carbocycles. The van der Waals surface area contributed by atoms with E-state index in [2.05, 4.69) is 38.1 Å². The van der Waals surface area contributed by atoms with Crippen molar-refractivity contribution in [3.05, 3.63) is 35.4 Å². The standard InChI is InChI=1S/C18H29N/c1-3-5-8-15-9-11-16(12-10-15)17(19)18(4-2)13-6-7-14-18/h9-12,17H,3-8,13-14,19H2,1-2H3. The Labute approximate surface area is 118 Å². The lowest BCUT2D eigenvalue weighted by atomic mass is 9.74. The molecule has 1 fully saturated rings. The normalized spacial score (nSPS) is 19.5. The molecule has 0 amide bonds. The Kier molecular flexibility index (Phi) is 5.04. The Hall–Kier alpha value is -0.820. The summed E-state index contributed by atoms with van der Waals surface area (Å²) in [6.07, 6.45) is 10.3. The van der Waals surface area contributed by atoms with Gasteiger partial charge < -0.3 is 5.73 Å². The molecular weight excluding hydrogens is 230 g/mol. The minimum Gasteiger partial charge on any atom is -0.323 e. The summed E-state index contributed by atoms with van der Waals surface area (Å²) in [6.45, 7) is 4.55. The first-order valence-corrected chi connectivity index (χ1v) is 8.06. The number of rotatable bonds is 6. The van der Waals surface area contributed by atoms with E-state index in [-0.39, 0.29) is 6.04 Å². The van der Waals surface area contributed by atoms with Gasteiger partial charge in [-0.15, -0.1) is 0 Å². The van der Waals surface area contributed by atoms with Crippen molar-refractivity contribution in [2.24, 2.45) is 11.1 Å². The highest BCUT2D eigenvalue weighted by Crippen LogP contribution is 2.48. The van der Waals surface area contributed by atoms with Crippen molar-refractivity contribution in [1.82, 2.24) is 0 Å². The van der Waals surface area contributed by atoms with E-state index < -0.39 is 0 Å². The molecular formula is C18H29N. The van der Waals surface area contributed by atoms with Crippen LogP contribution >= 0.6 is 0 Å². The highest BCUT2D eigenvalue weighted by Gasteiger charge is 2.38. The van der Waals surface area contributed by atoms with Crippen LogP contribution in [0.1, 0.15) is 76.0 Å². The molecule has 1 aromatic rings. The van der Waals surface area contributed by atoms with Gasteiger partial charge in [0.15, 0.2) is 0 Å². The van der Waals surface area contributed by atoms with Crippen molar-refractivity contribution in [3.8, 4) is 0 Å². The van der Waals surface area contributed by atoms with Crippen LogP contribution < -0.4 is 5.73 Å². The molecule has 0 aromatic heterocycles. The summed E-state index contributed by atoms with van der Waals surface area (Å²) in [6, 6.07) is 9.32. The average molecular weight is 259 g/mol. The summed E-state index contributed by atoms with van der Waals surface area (Å²) in [4.78, 5) is 0. The van der Waals surface area contributed by atoms with Crippen molar-refractivity contribution >= 4 is 0 Å². The molecule has 0 spiro atoms. The van der Waals surface area contributed by atoms with Gasteiger partial charge in [-0.25, -0.2) is 0 Å². The third-order valence-electron chi connectivity index (χ3n) is 5.12. The monoisotopic (exact) mass is 259 g/mol. The Morgan fingerprint density at radius 3 is 2.26 bits per heavy atom.